The lowest BCUT2D eigenvalue weighted by Gasteiger charge is -2.50. The van der Waals surface area contributed by atoms with Crippen molar-refractivity contribution >= 4 is 31.7 Å². The zero-order valence-corrected chi connectivity index (χ0v) is 78.0. The van der Waals surface area contributed by atoms with Crippen molar-refractivity contribution in [3.8, 4) is 0 Å². The summed E-state index contributed by atoms with van der Waals surface area (Å²) in [6.07, 6.45) is 30.4. The molecule has 0 aromatic heterocycles. The number of aliphatic hydroxyl groups excluding tert-OH is 9. The van der Waals surface area contributed by atoms with Crippen LogP contribution in [0.3, 0.4) is 0 Å². The lowest BCUT2D eigenvalue weighted by Crippen LogP contribution is -2.70. The van der Waals surface area contributed by atoms with Gasteiger partial charge in [-0.05, 0) is 63.2 Å². The molecular weight excluding hydrogens is 1580 g/mol. The highest BCUT2D eigenvalue weighted by molar-refractivity contribution is 7.47. The SMILES string of the molecule is CCCCCC/C=C\CCCCCCCCCC(=O)OCC(COP(=O)(O)OC1C(OC2OC(CO)C(O)C(O)C2O)C(O)C(O)C(OC(=O)CCCCCCCCC(C)CCCCCCCC)C1OC1OC(COC(=O)CCCCCCCCC(C)CCCCCCCC)C(O)C(O)C1O)OC(=O)CCCCCCCCCCCCCCCCCC. The normalized spacial score (nSPS) is 25.0. The number of ether oxygens (including phenoxy) is 8. The standard InChI is InChI=1S/C96H179O25P/c1-7-11-15-19-23-25-27-29-31-33-35-37-39-41-52-60-68-81(100)115-76(71-112-79(98)66-58-50-40-38-36-34-32-30-28-26-24-20-16-12-8-2)72-114-122(110,111)121-94-92(119-95-89(108)85(104)83(102)77(70-97)116-95)88(107)87(106)91(118-82(101)69-61-53-45-43-49-57-65-75(6)63-55-47-22-18-14-10-4)93(94)120-96-90(109)86(105)84(103)78(117-96)73-113-80(99)67-59-51-44-42-48-56-64-74(5)62-54-46-21-17-13-9-3/h26,28,74-78,83-97,102-109H,7-25,27,29-73H2,1-6H3,(H,110,111)/b28-26-. The second-order valence-electron chi connectivity index (χ2n) is 36.2. The molecule has 10 N–H and O–H groups in total. The lowest BCUT2D eigenvalue weighted by atomic mass is 9.84. The molecule has 26 heteroatoms. The third-order valence-corrected chi connectivity index (χ3v) is 25.8. The fourth-order valence-electron chi connectivity index (χ4n) is 16.7. The second kappa shape index (κ2) is 72.9. The van der Waals surface area contributed by atoms with Crippen molar-refractivity contribution in [2.24, 2.45) is 11.8 Å². The molecule has 2 heterocycles. The number of esters is 4. The van der Waals surface area contributed by atoms with Crippen LogP contribution in [0.25, 0.3) is 0 Å². The summed E-state index contributed by atoms with van der Waals surface area (Å²) in [7, 11) is -5.81. The van der Waals surface area contributed by atoms with Crippen LogP contribution in [0, 0.1) is 11.8 Å². The number of phosphoric ester groups is 1. The predicted molar refractivity (Wildman–Crippen MR) is 476 cm³/mol. The van der Waals surface area contributed by atoms with Gasteiger partial charge in [-0.3, -0.25) is 28.2 Å². The Hall–Kier alpha value is -2.79. The Kier molecular flexibility index (Phi) is 67.8. The minimum Gasteiger partial charge on any atom is -0.463 e. The third-order valence-electron chi connectivity index (χ3n) is 24.8. The highest BCUT2D eigenvalue weighted by Crippen LogP contribution is 2.49. The molecular formula is C96H179O25P. The van der Waals surface area contributed by atoms with Gasteiger partial charge < -0.3 is 88.7 Å². The molecule has 0 aromatic carbocycles. The average molecular weight is 1760 g/mol. The number of aliphatic hydroxyl groups is 9. The third kappa shape index (κ3) is 52.8. The van der Waals surface area contributed by atoms with Gasteiger partial charge in [-0.25, -0.2) is 4.57 Å². The number of carbonyl (C=O) groups is 4. The van der Waals surface area contributed by atoms with E-state index in [1.54, 1.807) is 0 Å². The number of rotatable bonds is 80. The molecule has 1 saturated carbocycles. The van der Waals surface area contributed by atoms with Gasteiger partial charge in [0.05, 0.1) is 13.2 Å². The van der Waals surface area contributed by atoms with Crippen LogP contribution in [0.5, 0.6) is 0 Å². The fraction of sp³-hybridized carbons (Fsp3) is 0.938. The molecule has 3 fully saturated rings. The van der Waals surface area contributed by atoms with E-state index in [0.29, 0.717) is 43.9 Å². The van der Waals surface area contributed by atoms with Crippen molar-refractivity contribution in [3.05, 3.63) is 12.2 Å². The smallest absolute Gasteiger partial charge is 0.463 e. The maximum atomic E-state index is 15.0. The first-order valence-corrected chi connectivity index (χ1v) is 51.2. The quantitative estimate of drug-likeness (QED) is 0.00889. The van der Waals surface area contributed by atoms with Crippen molar-refractivity contribution in [1.29, 1.82) is 0 Å². The van der Waals surface area contributed by atoms with Gasteiger partial charge in [-0.2, -0.15) is 0 Å². The Bertz CT molecular complexity index is 2610. The van der Waals surface area contributed by atoms with Crippen LogP contribution in [0.1, 0.15) is 433 Å². The van der Waals surface area contributed by atoms with E-state index in [1.807, 2.05) is 0 Å². The van der Waals surface area contributed by atoms with E-state index in [0.717, 1.165) is 148 Å². The number of carbonyl (C=O) groups excluding carboxylic acids is 4. The molecule has 0 radical (unpaired) electrons. The lowest BCUT2D eigenvalue weighted by molar-refractivity contribution is -0.360. The van der Waals surface area contributed by atoms with E-state index in [1.165, 1.54) is 186 Å². The summed E-state index contributed by atoms with van der Waals surface area (Å²) in [5.74, 6) is -1.64. The van der Waals surface area contributed by atoms with E-state index >= 15 is 0 Å². The van der Waals surface area contributed by atoms with E-state index in [-0.39, 0.29) is 25.7 Å². The van der Waals surface area contributed by atoms with Crippen LogP contribution in [0.4, 0.5) is 0 Å². The Labute approximate surface area is 737 Å². The molecule has 20 unspecified atom stereocenters. The van der Waals surface area contributed by atoms with Gasteiger partial charge in [0.1, 0.15) is 92.6 Å². The van der Waals surface area contributed by atoms with Crippen molar-refractivity contribution in [3.63, 3.8) is 0 Å². The number of hydrogen-bond acceptors (Lipinski definition) is 24. The molecule has 3 rings (SSSR count). The number of phosphoric acid groups is 1. The molecule has 3 aliphatic rings. The van der Waals surface area contributed by atoms with Crippen molar-refractivity contribution in [2.75, 3.05) is 26.4 Å². The molecule has 0 bridgehead atoms. The molecule has 20 atom stereocenters. The summed E-state index contributed by atoms with van der Waals surface area (Å²) >= 11 is 0. The molecule has 1 aliphatic carbocycles. The summed E-state index contributed by atoms with van der Waals surface area (Å²) < 4.78 is 73.7. The van der Waals surface area contributed by atoms with E-state index in [2.05, 4.69) is 53.7 Å². The van der Waals surface area contributed by atoms with Crippen molar-refractivity contribution in [2.45, 2.75) is 537 Å². The highest BCUT2D eigenvalue weighted by Gasteiger charge is 2.60. The van der Waals surface area contributed by atoms with Crippen LogP contribution in [-0.4, -0.2) is 205 Å². The summed E-state index contributed by atoms with van der Waals surface area (Å²) in [5, 5.41) is 103. The fourth-order valence-corrected chi connectivity index (χ4v) is 17.7. The molecule has 0 aromatic rings. The molecule has 122 heavy (non-hydrogen) atoms. The molecule has 718 valence electrons. The highest BCUT2D eigenvalue weighted by atomic mass is 31.2. The largest absolute Gasteiger partial charge is 0.472 e. The summed E-state index contributed by atoms with van der Waals surface area (Å²) in [6.45, 7) is 10.3. The zero-order valence-electron chi connectivity index (χ0n) is 77.1. The summed E-state index contributed by atoms with van der Waals surface area (Å²) in [6, 6.07) is 0. The Morgan fingerprint density at radius 1 is 0.344 bits per heavy atom. The van der Waals surface area contributed by atoms with E-state index in [4.69, 9.17) is 46.9 Å². The maximum Gasteiger partial charge on any atom is 0.472 e. The van der Waals surface area contributed by atoms with Gasteiger partial charge >= 0.3 is 31.7 Å². The molecule has 25 nitrogen and oxygen atoms in total. The summed E-state index contributed by atoms with van der Waals surface area (Å²) in [5.41, 5.74) is 0. The van der Waals surface area contributed by atoms with Gasteiger partial charge in [0.2, 0.25) is 0 Å². The monoisotopic (exact) mass is 1760 g/mol. The number of hydrogen-bond donors (Lipinski definition) is 10. The molecule has 0 spiro atoms. The van der Waals surface area contributed by atoms with Gasteiger partial charge in [0.25, 0.3) is 0 Å². The first kappa shape index (κ1) is 113. The van der Waals surface area contributed by atoms with Crippen LogP contribution in [0.2, 0.25) is 0 Å². The topological polar surface area (TPSA) is 380 Å². The van der Waals surface area contributed by atoms with Gasteiger partial charge in [0.15, 0.2) is 24.8 Å². The van der Waals surface area contributed by atoms with Gasteiger partial charge in [-0.1, -0.05) is 368 Å². The molecule has 0 amide bonds. The Morgan fingerprint density at radius 3 is 1.07 bits per heavy atom. The molecule has 2 saturated heterocycles. The Balaban J connectivity index is 1.91. The summed E-state index contributed by atoms with van der Waals surface area (Å²) in [4.78, 5) is 66.7. The van der Waals surface area contributed by atoms with Gasteiger partial charge in [-0.15, -0.1) is 0 Å². The van der Waals surface area contributed by atoms with E-state index < -0.39 is 162 Å². The second-order valence-corrected chi connectivity index (χ2v) is 37.6. The van der Waals surface area contributed by atoms with Crippen LogP contribution in [0.15, 0.2) is 12.2 Å². The minimum atomic E-state index is -5.81. The first-order chi connectivity index (χ1) is 59.0. The average Bonchev–Trinajstić information content (AvgIpc) is 0.753. The first-order valence-electron chi connectivity index (χ1n) is 49.7. The maximum absolute atomic E-state index is 15.0. The minimum absolute atomic E-state index is 0.0156. The van der Waals surface area contributed by atoms with Crippen LogP contribution < -0.4 is 0 Å². The van der Waals surface area contributed by atoms with Crippen molar-refractivity contribution < 1.29 is 122 Å². The zero-order chi connectivity index (χ0) is 89.2. The van der Waals surface area contributed by atoms with Crippen LogP contribution >= 0.6 is 7.82 Å². The predicted octanol–water partition coefficient (Wildman–Crippen LogP) is 19.2. The molecule has 2 aliphatic heterocycles. The van der Waals surface area contributed by atoms with Crippen molar-refractivity contribution in [1.82, 2.24) is 0 Å². The number of allylic oxidation sites excluding steroid dienone is 2. The van der Waals surface area contributed by atoms with E-state index in [9.17, 15) is 74.6 Å². The van der Waals surface area contributed by atoms with Gasteiger partial charge in [0, 0.05) is 25.7 Å². The van der Waals surface area contributed by atoms with Crippen LogP contribution in [-0.2, 0) is 70.7 Å². The Morgan fingerprint density at radius 2 is 0.664 bits per heavy atom. The number of unbranched alkanes of at least 4 members (excludes halogenated alkanes) is 46.